The highest BCUT2D eigenvalue weighted by atomic mass is 16.5. The molecule has 0 spiro atoms. The Morgan fingerprint density at radius 3 is 2.95 bits per heavy atom. The first-order valence-electron chi connectivity index (χ1n) is 6.62. The minimum absolute atomic E-state index is 0.600. The van der Waals surface area contributed by atoms with Crippen molar-refractivity contribution in [3.63, 3.8) is 0 Å². The second-order valence-corrected chi connectivity index (χ2v) is 4.47. The maximum Gasteiger partial charge on any atom is 0.222 e. The molecule has 1 aromatic carbocycles. The summed E-state index contributed by atoms with van der Waals surface area (Å²) in [6, 6.07) is 5.89. The molecule has 0 bridgehead atoms. The van der Waals surface area contributed by atoms with Crippen molar-refractivity contribution in [3.05, 3.63) is 48.4 Å². The van der Waals surface area contributed by atoms with Gasteiger partial charge in [0.25, 0.3) is 0 Å². The van der Waals surface area contributed by atoms with Crippen molar-refractivity contribution in [1.82, 2.24) is 9.97 Å². The number of nitrogens with one attached hydrogen (secondary N) is 1. The van der Waals surface area contributed by atoms with Crippen LogP contribution in [0.25, 0.3) is 16.7 Å². The Labute approximate surface area is 119 Å². The Bertz CT molecular complexity index is 662. The molecule has 0 aliphatic carbocycles. The van der Waals surface area contributed by atoms with Crippen LogP contribution in [0.1, 0.15) is 25.8 Å². The highest BCUT2D eigenvalue weighted by Crippen LogP contribution is 2.22. The van der Waals surface area contributed by atoms with E-state index in [0.717, 1.165) is 28.6 Å². The summed E-state index contributed by atoms with van der Waals surface area (Å²) in [5.41, 5.74) is 1.78. The van der Waals surface area contributed by atoms with E-state index < -0.39 is 0 Å². The predicted molar refractivity (Wildman–Crippen MR) is 83.3 cm³/mol. The van der Waals surface area contributed by atoms with Crippen molar-refractivity contribution >= 4 is 22.6 Å². The van der Waals surface area contributed by atoms with E-state index >= 15 is 0 Å². The second kappa shape index (κ2) is 6.19. The third kappa shape index (κ3) is 3.15. The Morgan fingerprint density at radius 1 is 1.45 bits per heavy atom. The van der Waals surface area contributed by atoms with Crippen LogP contribution in [0.3, 0.4) is 0 Å². The zero-order valence-electron chi connectivity index (χ0n) is 12.1. The molecule has 20 heavy (non-hydrogen) atoms. The lowest BCUT2D eigenvalue weighted by Crippen LogP contribution is -1.96. The van der Waals surface area contributed by atoms with E-state index in [-0.39, 0.29) is 0 Å². The van der Waals surface area contributed by atoms with Gasteiger partial charge in [-0.3, -0.25) is 0 Å². The van der Waals surface area contributed by atoms with Crippen LogP contribution in [0.15, 0.2) is 42.8 Å². The lowest BCUT2D eigenvalue weighted by molar-refractivity contribution is 0.384. The first-order chi connectivity index (χ1) is 9.63. The van der Waals surface area contributed by atoms with Crippen molar-refractivity contribution in [2.24, 2.45) is 0 Å². The molecule has 0 aliphatic heterocycles. The largest absolute Gasteiger partial charge is 0.462 e. The molecule has 0 atom stereocenters. The Hall–Kier alpha value is -2.36. The van der Waals surface area contributed by atoms with E-state index in [1.807, 2.05) is 31.2 Å². The zero-order chi connectivity index (χ0) is 14.5. The number of benzene rings is 1. The third-order valence-electron chi connectivity index (χ3n) is 2.90. The molecular weight excluding hydrogens is 250 g/mol. The Morgan fingerprint density at radius 2 is 2.25 bits per heavy atom. The van der Waals surface area contributed by atoms with Crippen molar-refractivity contribution in [2.45, 2.75) is 20.3 Å². The number of ether oxygens (including phenoxy) is 1. The van der Waals surface area contributed by atoms with Gasteiger partial charge in [-0.05, 0) is 25.5 Å². The predicted octanol–water partition coefficient (Wildman–Crippen LogP) is 3.97. The van der Waals surface area contributed by atoms with E-state index in [9.17, 15) is 0 Å². The molecule has 0 fully saturated rings. The molecule has 104 valence electrons. The summed E-state index contributed by atoms with van der Waals surface area (Å²) in [6.07, 6.45) is 4.76. The molecule has 0 aliphatic rings. The van der Waals surface area contributed by atoms with Gasteiger partial charge in [-0.15, -0.1) is 0 Å². The fourth-order valence-corrected chi connectivity index (χ4v) is 1.90. The van der Waals surface area contributed by atoms with Gasteiger partial charge >= 0.3 is 0 Å². The Kier molecular flexibility index (Phi) is 4.35. The van der Waals surface area contributed by atoms with Gasteiger partial charge in [0.15, 0.2) is 0 Å². The lowest BCUT2D eigenvalue weighted by atomic mass is 10.1. The summed E-state index contributed by atoms with van der Waals surface area (Å²) in [5, 5.41) is 3.92. The SMILES string of the molecule is C=C(O/C(C)=C/CC)c1ccc2cnc(NC)nc2c1. The first kappa shape index (κ1) is 14.1. The molecule has 4 nitrogen and oxygen atoms in total. The summed E-state index contributed by atoms with van der Waals surface area (Å²) in [6.45, 7) is 7.97. The molecule has 4 heteroatoms. The fraction of sp³-hybridized carbons (Fsp3) is 0.250. The Balaban J connectivity index is 2.30. The summed E-state index contributed by atoms with van der Waals surface area (Å²) in [4.78, 5) is 8.61. The monoisotopic (exact) mass is 269 g/mol. The van der Waals surface area contributed by atoms with E-state index in [0.29, 0.717) is 11.7 Å². The van der Waals surface area contributed by atoms with Crippen LogP contribution in [0.2, 0.25) is 0 Å². The van der Waals surface area contributed by atoms with Crippen LogP contribution < -0.4 is 5.32 Å². The van der Waals surface area contributed by atoms with Gasteiger partial charge < -0.3 is 10.1 Å². The van der Waals surface area contributed by atoms with Crippen molar-refractivity contribution in [3.8, 4) is 0 Å². The van der Waals surface area contributed by atoms with Crippen molar-refractivity contribution < 1.29 is 4.74 Å². The van der Waals surface area contributed by atoms with Gasteiger partial charge in [0, 0.05) is 24.2 Å². The fourth-order valence-electron chi connectivity index (χ4n) is 1.90. The average Bonchev–Trinajstić information content (AvgIpc) is 2.46. The minimum Gasteiger partial charge on any atom is -0.462 e. The number of allylic oxidation sites excluding steroid dienone is 2. The molecule has 0 saturated heterocycles. The van der Waals surface area contributed by atoms with E-state index in [1.54, 1.807) is 13.2 Å². The quantitative estimate of drug-likeness (QED) is 0.834. The van der Waals surface area contributed by atoms with Gasteiger partial charge in [0.2, 0.25) is 5.95 Å². The van der Waals surface area contributed by atoms with Crippen LogP contribution in [-0.4, -0.2) is 17.0 Å². The number of aromatic nitrogens is 2. The van der Waals surface area contributed by atoms with Crippen LogP contribution in [0.4, 0.5) is 5.95 Å². The third-order valence-corrected chi connectivity index (χ3v) is 2.90. The van der Waals surface area contributed by atoms with Crippen molar-refractivity contribution in [2.75, 3.05) is 12.4 Å². The van der Waals surface area contributed by atoms with E-state index in [1.165, 1.54) is 0 Å². The molecule has 0 amide bonds. The van der Waals surface area contributed by atoms with E-state index in [2.05, 4.69) is 28.8 Å². The molecular formula is C16H19N3O. The minimum atomic E-state index is 0.600. The molecule has 1 heterocycles. The topological polar surface area (TPSA) is 47.0 Å². The standard InChI is InChI=1S/C16H19N3O/c1-5-6-11(2)20-12(3)13-7-8-14-10-18-16(17-4)19-15(14)9-13/h6-10H,3,5H2,1-2,4H3,(H,17,18,19)/b11-6+. The summed E-state index contributed by atoms with van der Waals surface area (Å²) in [5.74, 6) is 2.08. The smallest absolute Gasteiger partial charge is 0.222 e. The highest BCUT2D eigenvalue weighted by Gasteiger charge is 2.05. The summed E-state index contributed by atoms with van der Waals surface area (Å²) in [7, 11) is 1.80. The van der Waals surface area contributed by atoms with Gasteiger partial charge in [0.1, 0.15) is 5.76 Å². The lowest BCUT2D eigenvalue weighted by Gasteiger charge is -2.10. The molecule has 1 N–H and O–H groups in total. The molecule has 0 saturated carbocycles. The number of nitrogens with zero attached hydrogens (tertiary/aromatic N) is 2. The first-order valence-corrected chi connectivity index (χ1v) is 6.62. The molecule has 1 aromatic heterocycles. The summed E-state index contributed by atoms with van der Waals surface area (Å²) >= 11 is 0. The van der Waals surface area contributed by atoms with Gasteiger partial charge in [-0.2, -0.15) is 0 Å². The molecule has 2 rings (SSSR count). The second-order valence-electron chi connectivity index (χ2n) is 4.47. The van der Waals surface area contributed by atoms with Crippen LogP contribution in [0, 0.1) is 0 Å². The maximum atomic E-state index is 5.69. The highest BCUT2D eigenvalue weighted by molar-refractivity contribution is 5.82. The maximum absolute atomic E-state index is 5.69. The average molecular weight is 269 g/mol. The number of fused-ring (bicyclic) bond motifs is 1. The number of hydrogen-bond acceptors (Lipinski definition) is 4. The molecule has 2 aromatic rings. The van der Waals surface area contributed by atoms with E-state index in [4.69, 9.17) is 4.74 Å². The van der Waals surface area contributed by atoms with Crippen LogP contribution in [0.5, 0.6) is 0 Å². The zero-order valence-corrected chi connectivity index (χ0v) is 12.1. The molecule has 0 radical (unpaired) electrons. The number of hydrogen-bond donors (Lipinski definition) is 1. The molecule has 0 unspecified atom stereocenters. The van der Waals surface area contributed by atoms with Crippen LogP contribution >= 0.6 is 0 Å². The van der Waals surface area contributed by atoms with Gasteiger partial charge in [-0.1, -0.05) is 25.6 Å². The number of anilines is 1. The van der Waals surface area contributed by atoms with Gasteiger partial charge in [-0.25, -0.2) is 9.97 Å². The van der Waals surface area contributed by atoms with Crippen molar-refractivity contribution in [1.29, 1.82) is 0 Å². The van der Waals surface area contributed by atoms with Gasteiger partial charge in [0.05, 0.1) is 11.3 Å². The summed E-state index contributed by atoms with van der Waals surface area (Å²) < 4.78 is 5.69. The van der Waals surface area contributed by atoms with Crippen LogP contribution in [-0.2, 0) is 4.74 Å². The number of rotatable bonds is 5. The normalized spacial score (nSPS) is 11.4.